The van der Waals surface area contributed by atoms with Gasteiger partial charge in [-0.1, -0.05) is 0 Å². The molecule has 0 aromatic heterocycles. The molecule has 0 aromatic rings. The van der Waals surface area contributed by atoms with Crippen LogP contribution < -0.4 is 0 Å². The van der Waals surface area contributed by atoms with Crippen LogP contribution >= 0.6 is 15.2 Å². The van der Waals surface area contributed by atoms with Gasteiger partial charge in [0.05, 0.1) is 12.9 Å². The predicted octanol–water partition coefficient (Wildman–Crippen LogP) is 0.875. The molecule has 1 rings (SSSR count). The Morgan fingerprint density at radius 1 is 1.58 bits per heavy atom. The van der Waals surface area contributed by atoms with Crippen LogP contribution in [0.25, 0.3) is 0 Å². The van der Waals surface area contributed by atoms with Crippen LogP contribution in [0.2, 0.25) is 0 Å². The maximum atomic E-state index is 11.3. The van der Waals surface area contributed by atoms with Crippen molar-refractivity contribution in [3.05, 3.63) is 12.3 Å². The van der Waals surface area contributed by atoms with Crippen molar-refractivity contribution in [1.29, 1.82) is 0 Å². The van der Waals surface area contributed by atoms with Crippen molar-refractivity contribution >= 4 is 15.2 Å². The van der Waals surface area contributed by atoms with E-state index in [1.165, 1.54) is 6.08 Å². The van der Waals surface area contributed by atoms with Gasteiger partial charge in [-0.3, -0.25) is 9.09 Å². The van der Waals surface area contributed by atoms with E-state index in [4.69, 9.17) is 9.79 Å². The van der Waals surface area contributed by atoms with Gasteiger partial charge >= 0.3 is 15.2 Å². The Morgan fingerprint density at radius 3 is 2.67 bits per heavy atom. The topological polar surface area (TPSA) is 93.1 Å². The minimum absolute atomic E-state index is 0.0529. The van der Waals surface area contributed by atoms with E-state index < -0.39 is 21.1 Å². The van der Waals surface area contributed by atoms with Gasteiger partial charge in [0, 0.05) is 0 Å². The molecule has 8 heteroatoms. The zero-order valence-corrected chi connectivity index (χ0v) is 7.78. The highest BCUT2D eigenvalue weighted by atomic mass is 31.2. The lowest BCUT2D eigenvalue weighted by Crippen LogP contribution is -2.02. The van der Waals surface area contributed by atoms with E-state index >= 15 is 0 Å². The number of rotatable bonds is 2. The van der Waals surface area contributed by atoms with Gasteiger partial charge in [0.15, 0.2) is 5.90 Å². The summed E-state index contributed by atoms with van der Waals surface area (Å²) in [4.78, 5) is 17.0. The van der Waals surface area contributed by atoms with E-state index in [2.05, 4.69) is 9.05 Å². The zero-order chi connectivity index (χ0) is 9.24. The van der Waals surface area contributed by atoms with Crippen LogP contribution in [0.5, 0.6) is 0 Å². The lowest BCUT2D eigenvalue weighted by atomic mass is 10.7. The van der Waals surface area contributed by atoms with Crippen LogP contribution in [0.1, 0.15) is 0 Å². The minimum atomic E-state index is -4.35. The molecule has 2 N–H and O–H groups in total. The Morgan fingerprint density at radius 2 is 2.25 bits per heavy atom. The first-order valence-corrected chi connectivity index (χ1v) is 6.55. The lowest BCUT2D eigenvalue weighted by molar-refractivity contribution is 0.255. The van der Waals surface area contributed by atoms with Gasteiger partial charge in [-0.25, -0.2) is 4.57 Å². The third-order valence-corrected chi connectivity index (χ3v) is 4.89. The zero-order valence-electron chi connectivity index (χ0n) is 5.99. The first-order chi connectivity index (χ1) is 5.41. The number of hydrogen-bond acceptors (Lipinski definition) is 4. The first-order valence-electron chi connectivity index (χ1n) is 3.03. The average Bonchev–Trinajstić information content (AvgIpc) is 1.83. The Labute approximate surface area is 68.9 Å². The van der Waals surface area contributed by atoms with Crippen molar-refractivity contribution < 1.29 is 28.0 Å². The summed E-state index contributed by atoms with van der Waals surface area (Å²) >= 11 is 0. The molecule has 70 valence electrons. The molecule has 1 aliphatic heterocycles. The van der Waals surface area contributed by atoms with Crippen molar-refractivity contribution in [3.63, 3.8) is 0 Å². The molecule has 12 heavy (non-hydrogen) atoms. The molecule has 0 fully saturated rings. The summed E-state index contributed by atoms with van der Waals surface area (Å²) in [5.74, 6) is -0.871. The largest absolute Gasteiger partial charge is 0.432 e. The van der Waals surface area contributed by atoms with Crippen LogP contribution in [0.15, 0.2) is 12.3 Å². The van der Waals surface area contributed by atoms with Gasteiger partial charge in [-0.05, 0) is 6.08 Å². The number of hydrogen-bond donors (Lipinski definition) is 2. The molecule has 0 aliphatic carbocycles. The van der Waals surface area contributed by atoms with E-state index in [0.717, 1.165) is 6.26 Å². The van der Waals surface area contributed by atoms with Gasteiger partial charge in [-0.15, -0.1) is 0 Å². The third kappa shape index (κ3) is 3.09. The summed E-state index contributed by atoms with van der Waals surface area (Å²) in [6.45, 7) is 0.0529. The first kappa shape index (κ1) is 9.96. The normalized spacial score (nSPS) is 29.8. The quantitative estimate of drug-likeness (QED) is 0.662. The Hall–Kier alpha value is -0.120. The minimum Gasteiger partial charge on any atom is -0.432 e. The summed E-state index contributed by atoms with van der Waals surface area (Å²) in [6.07, 6.45) is 2.58. The standard InChI is InChI=1S/C4H8O6P2/c5-11(6,7)4-12(8)9-2-1-3-10-12/h1-2H,3-4H2,(H2,5,6,7). The van der Waals surface area contributed by atoms with E-state index in [9.17, 15) is 9.13 Å². The van der Waals surface area contributed by atoms with Gasteiger partial charge in [0.1, 0.15) is 0 Å². The summed E-state index contributed by atoms with van der Waals surface area (Å²) < 4.78 is 30.8. The Balaban J connectivity index is 2.68. The summed E-state index contributed by atoms with van der Waals surface area (Å²) in [5, 5.41) is 0. The average molecular weight is 214 g/mol. The predicted molar refractivity (Wildman–Crippen MR) is 40.7 cm³/mol. The van der Waals surface area contributed by atoms with Crippen molar-refractivity contribution in [2.24, 2.45) is 0 Å². The maximum absolute atomic E-state index is 11.3. The molecule has 0 spiro atoms. The second-order valence-corrected chi connectivity index (χ2v) is 6.34. The SMILES string of the molecule is O=P(O)(O)CP1(=O)OC=CCO1. The molecule has 0 saturated heterocycles. The van der Waals surface area contributed by atoms with Crippen LogP contribution in [0.4, 0.5) is 0 Å². The molecule has 1 heterocycles. The van der Waals surface area contributed by atoms with E-state index in [-0.39, 0.29) is 6.61 Å². The molecule has 0 bridgehead atoms. The molecular formula is C4H8O6P2. The maximum Gasteiger partial charge on any atom is 0.391 e. The second-order valence-electron chi connectivity index (χ2n) is 2.19. The Bertz CT molecular complexity index is 277. The van der Waals surface area contributed by atoms with Gasteiger partial charge in [-0.2, -0.15) is 0 Å². The smallest absolute Gasteiger partial charge is 0.391 e. The fraction of sp³-hybridized carbons (Fsp3) is 0.500. The Kier molecular flexibility index (Phi) is 2.76. The van der Waals surface area contributed by atoms with Gasteiger partial charge < -0.3 is 14.3 Å². The van der Waals surface area contributed by atoms with Crippen LogP contribution in [-0.2, 0) is 18.2 Å². The fourth-order valence-corrected chi connectivity index (χ4v) is 3.71. The summed E-state index contributed by atoms with van der Waals surface area (Å²) in [6, 6.07) is 0. The second kappa shape index (κ2) is 3.32. The summed E-state index contributed by atoms with van der Waals surface area (Å²) in [7, 11) is -7.93. The molecule has 1 unspecified atom stereocenters. The molecule has 1 atom stereocenters. The van der Waals surface area contributed by atoms with Gasteiger partial charge in [0.25, 0.3) is 0 Å². The molecule has 0 amide bonds. The third-order valence-electron chi connectivity index (χ3n) is 1.04. The highest BCUT2D eigenvalue weighted by molar-refractivity contribution is 7.70. The van der Waals surface area contributed by atoms with Crippen molar-refractivity contribution in [1.82, 2.24) is 0 Å². The molecule has 0 saturated carbocycles. The molecular weight excluding hydrogens is 206 g/mol. The van der Waals surface area contributed by atoms with E-state index in [0.29, 0.717) is 0 Å². The van der Waals surface area contributed by atoms with Crippen molar-refractivity contribution in [3.8, 4) is 0 Å². The molecule has 0 radical (unpaired) electrons. The highest BCUT2D eigenvalue weighted by Gasteiger charge is 2.35. The van der Waals surface area contributed by atoms with Crippen LogP contribution in [0, 0.1) is 0 Å². The fourth-order valence-electron chi connectivity index (χ4n) is 0.662. The monoisotopic (exact) mass is 214 g/mol. The van der Waals surface area contributed by atoms with Crippen LogP contribution in [0.3, 0.4) is 0 Å². The molecule has 1 aliphatic rings. The van der Waals surface area contributed by atoms with E-state index in [1.54, 1.807) is 0 Å². The van der Waals surface area contributed by atoms with Crippen molar-refractivity contribution in [2.45, 2.75) is 0 Å². The summed E-state index contributed by atoms with van der Waals surface area (Å²) in [5.41, 5.74) is 0. The lowest BCUT2D eigenvalue weighted by Gasteiger charge is -2.19. The van der Waals surface area contributed by atoms with Crippen LogP contribution in [-0.4, -0.2) is 22.3 Å². The van der Waals surface area contributed by atoms with Crippen molar-refractivity contribution in [2.75, 3.05) is 12.5 Å². The highest BCUT2D eigenvalue weighted by Crippen LogP contribution is 2.60. The van der Waals surface area contributed by atoms with E-state index in [1.807, 2.05) is 0 Å². The molecule has 0 aromatic carbocycles. The molecule has 6 nitrogen and oxygen atoms in total. The van der Waals surface area contributed by atoms with Gasteiger partial charge in [0.2, 0.25) is 0 Å².